The van der Waals surface area contributed by atoms with Crippen LogP contribution in [0.5, 0.6) is 5.75 Å². The van der Waals surface area contributed by atoms with E-state index >= 15 is 0 Å². The highest BCUT2D eigenvalue weighted by Crippen LogP contribution is 2.30. The SMILES string of the molecule is CCC(C)(C)C(=O)OC(C)(C)c1ccc(F)cc1.CCC(C)c1ccc(O)cc1. The summed E-state index contributed by atoms with van der Waals surface area (Å²) in [6, 6.07) is 13.4. The summed E-state index contributed by atoms with van der Waals surface area (Å²) < 4.78 is 18.4. The molecule has 1 N–H and O–H groups in total. The summed E-state index contributed by atoms with van der Waals surface area (Å²) in [5.74, 6) is 0.404. The third kappa shape index (κ3) is 7.52. The fraction of sp³-hybridized carbons (Fsp3) is 0.480. The van der Waals surface area contributed by atoms with Crippen molar-refractivity contribution in [1.29, 1.82) is 0 Å². The van der Waals surface area contributed by atoms with Crippen molar-refractivity contribution >= 4 is 5.97 Å². The molecule has 2 rings (SSSR count). The van der Waals surface area contributed by atoms with Gasteiger partial charge in [-0.3, -0.25) is 4.79 Å². The number of hydrogen-bond donors (Lipinski definition) is 1. The van der Waals surface area contributed by atoms with Gasteiger partial charge >= 0.3 is 5.97 Å². The summed E-state index contributed by atoms with van der Waals surface area (Å²) in [6.07, 6.45) is 1.86. The smallest absolute Gasteiger partial charge is 0.312 e. The monoisotopic (exact) mass is 402 g/mol. The van der Waals surface area contributed by atoms with Gasteiger partial charge in [-0.05, 0) is 81.8 Å². The van der Waals surface area contributed by atoms with Gasteiger partial charge in [0.25, 0.3) is 0 Å². The number of carbonyl (C=O) groups excluding carboxylic acids is 1. The Kier molecular flexibility index (Phi) is 8.87. The van der Waals surface area contributed by atoms with E-state index in [-0.39, 0.29) is 11.8 Å². The zero-order chi connectivity index (χ0) is 22.2. The Labute approximate surface area is 174 Å². The Morgan fingerprint density at radius 3 is 1.97 bits per heavy atom. The lowest BCUT2D eigenvalue weighted by molar-refractivity contribution is -0.168. The summed E-state index contributed by atoms with van der Waals surface area (Å²) in [5, 5.41) is 9.01. The van der Waals surface area contributed by atoms with E-state index in [4.69, 9.17) is 9.84 Å². The number of phenolic OH excluding ortho intramolecular Hbond substituents is 1. The number of aromatic hydroxyl groups is 1. The molecule has 0 spiro atoms. The molecule has 2 aromatic rings. The van der Waals surface area contributed by atoms with Crippen molar-refractivity contribution in [3.63, 3.8) is 0 Å². The van der Waals surface area contributed by atoms with E-state index in [1.807, 2.05) is 46.8 Å². The quantitative estimate of drug-likeness (QED) is 0.532. The Morgan fingerprint density at radius 2 is 1.52 bits per heavy atom. The third-order valence-electron chi connectivity index (χ3n) is 5.40. The van der Waals surface area contributed by atoms with Crippen LogP contribution in [0, 0.1) is 11.2 Å². The van der Waals surface area contributed by atoms with E-state index in [1.54, 1.807) is 24.3 Å². The number of benzene rings is 2. The Morgan fingerprint density at radius 1 is 1.00 bits per heavy atom. The molecule has 0 bridgehead atoms. The summed E-state index contributed by atoms with van der Waals surface area (Å²) in [7, 11) is 0. The molecular formula is C25H35FO3. The van der Waals surface area contributed by atoms with E-state index < -0.39 is 11.0 Å². The number of ether oxygens (including phenoxy) is 1. The molecule has 0 saturated heterocycles. The van der Waals surface area contributed by atoms with Gasteiger partial charge in [-0.2, -0.15) is 0 Å². The van der Waals surface area contributed by atoms with Gasteiger partial charge in [0.1, 0.15) is 17.2 Å². The lowest BCUT2D eigenvalue weighted by atomic mass is 9.89. The highest BCUT2D eigenvalue weighted by molar-refractivity contribution is 5.76. The number of carbonyl (C=O) groups is 1. The van der Waals surface area contributed by atoms with E-state index in [9.17, 15) is 9.18 Å². The van der Waals surface area contributed by atoms with Crippen LogP contribution in [0.3, 0.4) is 0 Å². The van der Waals surface area contributed by atoms with Crippen LogP contribution in [0.15, 0.2) is 48.5 Å². The summed E-state index contributed by atoms with van der Waals surface area (Å²) in [4.78, 5) is 12.1. The van der Waals surface area contributed by atoms with Gasteiger partial charge in [0.2, 0.25) is 0 Å². The average Bonchev–Trinajstić information content (AvgIpc) is 2.68. The van der Waals surface area contributed by atoms with E-state index in [0.29, 0.717) is 18.1 Å². The molecule has 0 radical (unpaired) electrons. The standard InChI is InChI=1S/C15H21FO2.C10H14O/c1-6-14(2,3)13(17)18-15(4,5)11-7-9-12(16)10-8-11;1-3-8(2)9-4-6-10(11)7-5-9/h7-10H,6H2,1-5H3;4-8,11H,3H2,1-2H3. The zero-order valence-corrected chi connectivity index (χ0v) is 18.8. The average molecular weight is 403 g/mol. The van der Waals surface area contributed by atoms with Gasteiger partial charge in [0, 0.05) is 0 Å². The second-order valence-electron chi connectivity index (χ2n) is 8.54. The van der Waals surface area contributed by atoms with Gasteiger partial charge in [-0.25, -0.2) is 4.39 Å². The molecule has 0 aliphatic heterocycles. The fourth-order valence-electron chi connectivity index (χ4n) is 2.46. The minimum atomic E-state index is -0.753. The maximum Gasteiger partial charge on any atom is 0.312 e. The molecule has 1 unspecified atom stereocenters. The first-order chi connectivity index (χ1) is 13.4. The predicted octanol–water partition coefficient (Wildman–Crippen LogP) is 6.95. The van der Waals surface area contributed by atoms with Gasteiger partial charge < -0.3 is 9.84 Å². The van der Waals surface area contributed by atoms with Gasteiger partial charge in [-0.1, -0.05) is 45.0 Å². The van der Waals surface area contributed by atoms with Crippen molar-refractivity contribution in [1.82, 2.24) is 0 Å². The topological polar surface area (TPSA) is 46.5 Å². The normalized spacial score (nSPS) is 12.6. The minimum Gasteiger partial charge on any atom is -0.508 e. The van der Waals surface area contributed by atoms with Crippen molar-refractivity contribution in [2.75, 3.05) is 0 Å². The molecule has 0 amide bonds. The maximum absolute atomic E-state index is 12.9. The van der Waals surface area contributed by atoms with Crippen molar-refractivity contribution in [2.24, 2.45) is 5.41 Å². The summed E-state index contributed by atoms with van der Waals surface area (Å²) >= 11 is 0. The number of rotatable bonds is 6. The first kappa shape index (κ1) is 24.7. The minimum absolute atomic E-state index is 0.237. The van der Waals surface area contributed by atoms with Crippen molar-refractivity contribution < 1.29 is 19.0 Å². The van der Waals surface area contributed by atoms with Crippen LogP contribution in [0.25, 0.3) is 0 Å². The van der Waals surface area contributed by atoms with Gasteiger partial charge in [0.15, 0.2) is 0 Å². The van der Waals surface area contributed by atoms with Crippen LogP contribution in [0.1, 0.15) is 78.4 Å². The van der Waals surface area contributed by atoms with Crippen LogP contribution in [-0.4, -0.2) is 11.1 Å². The highest BCUT2D eigenvalue weighted by atomic mass is 19.1. The Hall–Kier alpha value is -2.36. The molecule has 0 aliphatic carbocycles. The third-order valence-corrected chi connectivity index (χ3v) is 5.40. The molecule has 0 aromatic heterocycles. The molecule has 0 saturated carbocycles. The maximum atomic E-state index is 12.9. The highest BCUT2D eigenvalue weighted by Gasteiger charge is 2.33. The molecular weight excluding hydrogens is 367 g/mol. The van der Waals surface area contributed by atoms with Crippen LogP contribution >= 0.6 is 0 Å². The second-order valence-corrected chi connectivity index (χ2v) is 8.54. The van der Waals surface area contributed by atoms with Crippen molar-refractivity contribution in [2.45, 2.75) is 72.8 Å². The van der Waals surface area contributed by atoms with Crippen LogP contribution < -0.4 is 0 Å². The molecule has 0 fully saturated rings. The van der Waals surface area contributed by atoms with E-state index in [1.165, 1.54) is 17.7 Å². The van der Waals surface area contributed by atoms with Crippen LogP contribution in [0.2, 0.25) is 0 Å². The fourth-order valence-corrected chi connectivity index (χ4v) is 2.46. The second kappa shape index (κ2) is 10.4. The molecule has 3 nitrogen and oxygen atoms in total. The van der Waals surface area contributed by atoms with E-state index in [0.717, 1.165) is 12.0 Å². The first-order valence-corrected chi connectivity index (χ1v) is 10.2. The number of halogens is 1. The lowest BCUT2D eigenvalue weighted by Crippen LogP contribution is -2.33. The first-order valence-electron chi connectivity index (χ1n) is 10.2. The molecule has 4 heteroatoms. The van der Waals surface area contributed by atoms with Gasteiger partial charge in [-0.15, -0.1) is 0 Å². The molecule has 2 aromatic carbocycles. The van der Waals surface area contributed by atoms with Gasteiger partial charge in [0.05, 0.1) is 5.41 Å². The van der Waals surface area contributed by atoms with Crippen LogP contribution in [-0.2, 0) is 15.1 Å². The molecule has 29 heavy (non-hydrogen) atoms. The predicted molar refractivity (Wildman–Crippen MR) is 116 cm³/mol. The van der Waals surface area contributed by atoms with Crippen molar-refractivity contribution in [3.8, 4) is 5.75 Å². The number of hydrogen-bond acceptors (Lipinski definition) is 3. The molecule has 0 aliphatic rings. The zero-order valence-electron chi connectivity index (χ0n) is 18.8. The van der Waals surface area contributed by atoms with Crippen LogP contribution in [0.4, 0.5) is 4.39 Å². The Balaban J connectivity index is 0.000000326. The number of phenols is 1. The molecule has 1 atom stereocenters. The van der Waals surface area contributed by atoms with E-state index in [2.05, 4.69) is 13.8 Å². The largest absolute Gasteiger partial charge is 0.508 e. The molecule has 160 valence electrons. The summed E-state index contributed by atoms with van der Waals surface area (Å²) in [5.41, 5.74) is 0.823. The van der Waals surface area contributed by atoms with Crippen molar-refractivity contribution in [3.05, 3.63) is 65.5 Å². The number of esters is 1. The lowest BCUT2D eigenvalue weighted by Gasteiger charge is -2.30. The summed E-state index contributed by atoms with van der Waals surface area (Å²) in [6.45, 7) is 13.6. The molecule has 0 heterocycles. The Bertz CT molecular complexity index is 762.